The molecule has 10 atom stereocenters. The van der Waals surface area contributed by atoms with Gasteiger partial charge in [0.25, 0.3) is 0 Å². The second kappa shape index (κ2) is 8.78. The van der Waals surface area contributed by atoms with Crippen LogP contribution in [0.2, 0.25) is 0 Å². The number of hydrogen-bond donors (Lipinski definition) is 2. The van der Waals surface area contributed by atoms with E-state index in [1.165, 1.54) is 34.6 Å². The third kappa shape index (κ3) is 3.97. The minimum atomic E-state index is -1.93. The second-order valence-electron chi connectivity index (χ2n) is 11.4. The smallest absolute Gasteiger partial charge is 0.342 e. The van der Waals surface area contributed by atoms with Crippen LogP contribution in [-0.4, -0.2) is 81.4 Å². The largest absolute Gasteiger partial charge is 0.462 e. The Labute approximate surface area is 215 Å². The number of epoxide rings is 1. The van der Waals surface area contributed by atoms with E-state index in [-0.39, 0.29) is 12.8 Å². The molecule has 206 valence electrons. The topological polar surface area (TPSA) is 158 Å². The Morgan fingerprint density at radius 3 is 2.05 bits per heavy atom. The molecule has 0 aromatic heterocycles. The molecule has 11 heteroatoms. The van der Waals surface area contributed by atoms with E-state index in [1.54, 1.807) is 13.0 Å². The van der Waals surface area contributed by atoms with Crippen molar-refractivity contribution in [3.8, 4) is 0 Å². The first-order chi connectivity index (χ1) is 17.0. The van der Waals surface area contributed by atoms with Crippen molar-refractivity contribution in [3.05, 3.63) is 11.6 Å². The average Bonchev–Trinajstić information content (AvgIpc) is 3.35. The summed E-state index contributed by atoms with van der Waals surface area (Å²) in [6.07, 6.45) is -3.44. The molecule has 2 aliphatic heterocycles. The van der Waals surface area contributed by atoms with E-state index in [0.29, 0.717) is 6.42 Å². The summed E-state index contributed by atoms with van der Waals surface area (Å²) in [5, 5.41) is 24.2. The molecule has 1 spiro atoms. The standard InChI is InChI=1S/C26H36O11/c1-12-8-9-16(33-13(2)27)23(5)17(34-14(3)28)11-18(35-15(4)29)24(6,32)20(23)21(30)26-19(10-12)36-22(31)25(26,7)37-26/h10,16-21,30,32H,8-9,11H2,1-7H3/b12-10-/t16-,17-,18-,19-,20+,21-,23-,24-,25-,26-/m1/s1. The monoisotopic (exact) mass is 524 g/mol. The maximum Gasteiger partial charge on any atom is 0.342 e. The van der Waals surface area contributed by atoms with Crippen LogP contribution in [0, 0.1) is 11.3 Å². The highest BCUT2D eigenvalue weighted by Crippen LogP contribution is 2.65. The molecule has 0 aromatic rings. The lowest BCUT2D eigenvalue weighted by Gasteiger charge is -2.59. The number of esters is 4. The van der Waals surface area contributed by atoms with Crippen molar-refractivity contribution in [3.63, 3.8) is 0 Å². The van der Waals surface area contributed by atoms with Gasteiger partial charge < -0.3 is 33.9 Å². The molecule has 2 N–H and O–H groups in total. The maximum atomic E-state index is 12.8. The zero-order valence-corrected chi connectivity index (χ0v) is 22.2. The van der Waals surface area contributed by atoms with Gasteiger partial charge in [0, 0.05) is 33.1 Å². The normalized spacial score (nSPS) is 48.1. The molecule has 37 heavy (non-hydrogen) atoms. The molecular weight excluding hydrogens is 488 g/mol. The SMILES string of the molecule is CC(=O)O[C@@H]1C[C@@H](OC(C)=O)[C@]2(C)[C@H]([C@@H](O)[C@@]34O[C@]3(C)C(=O)O[C@@H]4/C=C(/C)CC[C@H]2OC(C)=O)[C@]1(C)O. The fraction of sp³-hybridized carbons (Fsp3) is 0.769. The number of rotatable bonds is 3. The van der Waals surface area contributed by atoms with Crippen LogP contribution in [0.4, 0.5) is 0 Å². The summed E-state index contributed by atoms with van der Waals surface area (Å²) in [7, 11) is 0. The van der Waals surface area contributed by atoms with Crippen molar-refractivity contribution in [2.24, 2.45) is 11.3 Å². The fourth-order valence-corrected chi connectivity index (χ4v) is 7.00. The van der Waals surface area contributed by atoms with Gasteiger partial charge in [0.1, 0.15) is 23.9 Å². The van der Waals surface area contributed by atoms with E-state index in [2.05, 4.69) is 0 Å². The van der Waals surface area contributed by atoms with Crippen LogP contribution in [0.1, 0.15) is 67.7 Å². The Balaban J connectivity index is 1.97. The van der Waals surface area contributed by atoms with Crippen LogP contribution in [0.3, 0.4) is 0 Å². The van der Waals surface area contributed by atoms with E-state index in [9.17, 15) is 29.4 Å². The second-order valence-corrected chi connectivity index (χ2v) is 11.4. The summed E-state index contributed by atoms with van der Waals surface area (Å²) in [5.74, 6) is -3.83. The molecule has 0 radical (unpaired) electrons. The number of hydrogen-bond acceptors (Lipinski definition) is 11. The first-order valence-electron chi connectivity index (χ1n) is 12.5. The molecule has 2 saturated heterocycles. The minimum absolute atomic E-state index is 0.109. The number of fused-ring (bicyclic) bond motifs is 1. The molecule has 1 saturated carbocycles. The molecule has 11 nitrogen and oxygen atoms in total. The molecule has 2 heterocycles. The van der Waals surface area contributed by atoms with Gasteiger partial charge in [-0.15, -0.1) is 0 Å². The maximum absolute atomic E-state index is 12.8. The van der Waals surface area contributed by atoms with Crippen molar-refractivity contribution < 1.29 is 53.1 Å². The number of allylic oxidation sites excluding steroid dienone is 1. The van der Waals surface area contributed by atoms with Gasteiger partial charge in [0.05, 0.1) is 11.5 Å². The Bertz CT molecular complexity index is 1050. The van der Waals surface area contributed by atoms with Crippen molar-refractivity contribution in [2.75, 3.05) is 0 Å². The summed E-state index contributed by atoms with van der Waals surface area (Å²) in [4.78, 5) is 49.3. The molecule has 3 fully saturated rings. The number of carbonyl (C=O) groups is 4. The highest BCUT2D eigenvalue weighted by Gasteiger charge is 2.87. The third-order valence-corrected chi connectivity index (χ3v) is 8.81. The van der Waals surface area contributed by atoms with Crippen LogP contribution in [0.15, 0.2) is 11.6 Å². The highest BCUT2D eigenvalue weighted by molar-refractivity contribution is 5.89. The molecule has 0 amide bonds. The Morgan fingerprint density at radius 1 is 0.973 bits per heavy atom. The van der Waals surface area contributed by atoms with E-state index in [0.717, 1.165) is 5.57 Å². The molecule has 4 rings (SSSR count). The molecule has 0 unspecified atom stereocenters. The van der Waals surface area contributed by atoms with Crippen molar-refractivity contribution >= 4 is 23.9 Å². The lowest BCUT2D eigenvalue weighted by Crippen LogP contribution is -2.72. The first-order valence-corrected chi connectivity index (χ1v) is 12.5. The van der Waals surface area contributed by atoms with E-state index >= 15 is 0 Å². The van der Waals surface area contributed by atoms with Gasteiger partial charge in [-0.25, -0.2) is 4.79 Å². The molecule has 4 aliphatic rings. The third-order valence-electron chi connectivity index (χ3n) is 8.81. The molecule has 0 aromatic carbocycles. The lowest BCUT2D eigenvalue weighted by molar-refractivity contribution is -0.274. The first kappa shape index (κ1) is 27.5. The van der Waals surface area contributed by atoms with Gasteiger partial charge in [-0.05, 0) is 39.7 Å². The molecular formula is C26H36O11. The van der Waals surface area contributed by atoms with E-state index in [1.807, 2.05) is 6.92 Å². The van der Waals surface area contributed by atoms with Gasteiger partial charge in [-0.3, -0.25) is 14.4 Å². The average molecular weight is 525 g/mol. The Kier molecular flexibility index (Phi) is 6.53. The Morgan fingerprint density at radius 2 is 1.51 bits per heavy atom. The summed E-state index contributed by atoms with van der Waals surface area (Å²) in [6.45, 7) is 10.1. The highest BCUT2D eigenvalue weighted by atomic mass is 16.7. The van der Waals surface area contributed by atoms with E-state index < -0.39 is 82.5 Å². The number of ether oxygens (including phenoxy) is 5. The number of aliphatic hydroxyl groups excluding tert-OH is 1. The predicted octanol–water partition coefficient (Wildman–Crippen LogP) is 1.11. The summed E-state index contributed by atoms with van der Waals surface area (Å²) in [5.41, 5.74) is -5.57. The quantitative estimate of drug-likeness (QED) is 0.236. The van der Waals surface area contributed by atoms with Gasteiger partial charge in [-0.1, -0.05) is 12.5 Å². The molecule has 2 aliphatic carbocycles. The van der Waals surface area contributed by atoms with Crippen LogP contribution < -0.4 is 0 Å². The van der Waals surface area contributed by atoms with Gasteiger partial charge >= 0.3 is 23.9 Å². The molecule has 0 bridgehead atoms. The summed E-state index contributed by atoms with van der Waals surface area (Å²) < 4.78 is 28.6. The predicted molar refractivity (Wildman–Crippen MR) is 125 cm³/mol. The fourth-order valence-electron chi connectivity index (χ4n) is 7.00. The van der Waals surface area contributed by atoms with Crippen molar-refractivity contribution in [2.45, 2.75) is 115 Å². The van der Waals surface area contributed by atoms with E-state index in [4.69, 9.17) is 23.7 Å². The van der Waals surface area contributed by atoms with Crippen molar-refractivity contribution in [1.82, 2.24) is 0 Å². The number of aliphatic hydroxyl groups is 2. The zero-order chi connectivity index (χ0) is 27.7. The van der Waals surface area contributed by atoms with Gasteiger partial charge in [0.2, 0.25) is 0 Å². The van der Waals surface area contributed by atoms with Crippen molar-refractivity contribution in [1.29, 1.82) is 0 Å². The zero-order valence-electron chi connectivity index (χ0n) is 22.2. The van der Waals surface area contributed by atoms with Crippen LogP contribution in [0.5, 0.6) is 0 Å². The minimum Gasteiger partial charge on any atom is -0.462 e. The lowest BCUT2D eigenvalue weighted by atomic mass is 9.51. The van der Waals surface area contributed by atoms with Crippen LogP contribution in [0.25, 0.3) is 0 Å². The van der Waals surface area contributed by atoms with Crippen LogP contribution in [-0.2, 0) is 42.9 Å². The van der Waals surface area contributed by atoms with Gasteiger partial charge in [-0.2, -0.15) is 0 Å². The summed E-state index contributed by atoms with van der Waals surface area (Å²) in [6, 6.07) is 0. The number of carbonyl (C=O) groups excluding carboxylic acids is 4. The van der Waals surface area contributed by atoms with Gasteiger partial charge in [0.15, 0.2) is 17.3 Å². The summed E-state index contributed by atoms with van der Waals surface area (Å²) >= 11 is 0. The Hall–Kier alpha value is -2.50. The van der Waals surface area contributed by atoms with Crippen LogP contribution >= 0.6 is 0 Å².